The Labute approximate surface area is 107 Å². The molecule has 0 amide bonds. The molecule has 0 fully saturated rings. The minimum absolute atomic E-state index is 0.0196. The average Bonchev–Trinajstić information content (AvgIpc) is 2.29. The van der Waals surface area contributed by atoms with Crippen LogP contribution in [0.25, 0.3) is 10.9 Å². The lowest BCUT2D eigenvalue weighted by atomic mass is 10.1. The predicted molar refractivity (Wildman–Crippen MR) is 75.3 cm³/mol. The first-order valence-corrected chi connectivity index (χ1v) is 6.34. The molecule has 0 saturated heterocycles. The van der Waals surface area contributed by atoms with E-state index in [9.17, 15) is 4.79 Å². The van der Waals surface area contributed by atoms with Crippen LogP contribution in [0.5, 0.6) is 0 Å². The zero-order valence-corrected chi connectivity index (χ0v) is 12.0. The van der Waals surface area contributed by atoms with E-state index < -0.39 is 0 Å². The Bertz CT molecular complexity index is 681. The van der Waals surface area contributed by atoms with Crippen molar-refractivity contribution in [2.45, 2.75) is 47.6 Å². The lowest BCUT2D eigenvalue weighted by Gasteiger charge is -2.18. The minimum atomic E-state index is 0.0196. The van der Waals surface area contributed by atoms with Crippen LogP contribution in [0.2, 0.25) is 0 Å². The van der Waals surface area contributed by atoms with Crippen molar-refractivity contribution >= 4 is 10.9 Å². The van der Waals surface area contributed by atoms with Crippen molar-refractivity contribution in [1.29, 1.82) is 0 Å². The van der Waals surface area contributed by atoms with Crippen LogP contribution in [-0.4, -0.2) is 9.55 Å². The summed E-state index contributed by atoms with van der Waals surface area (Å²) < 4.78 is 1.83. The summed E-state index contributed by atoms with van der Waals surface area (Å²) in [6, 6.07) is 2.23. The Morgan fingerprint density at radius 3 is 2.33 bits per heavy atom. The van der Waals surface area contributed by atoms with E-state index in [0.29, 0.717) is 5.52 Å². The highest BCUT2D eigenvalue weighted by Crippen LogP contribution is 2.21. The molecule has 0 spiro atoms. The van der Waals surface area contributed by atoms with Crippen molar-refractivity contribution in [3.8, 4) is 0 Å². The van der Waals surface area contributed by atoms with Crippen LogP contribution >= 0.6 is 0 Å². The smallest absolute Gasteiger partial charge is 0.277 e. The van der Waals surface area contributed by atoms with Crippen LogP contribution in [-0.2, 0) is 0 Å². The Kier molecular flexibility index (Phi) is 3.01. The summed E-state index contributed by atoms with van der Waals surface area (Å²) in [6.07, 6.45) is 0. The van der Waals surface area contributed by atoms with Gasteiger partial charge in [0.15, 0.2) is 0 Å². The first-order chi connectivity index (χ1) is 8.34. The largest absolute Gasteiger partial charge is 0.308 e. The van der Waals surface area contributed by atoms with E-state index >= 15 is 0 Å². The summed E-state index contributed by atoms with van der Waals surface area (Å²) in [5.74, 6) is 0. The monoisotopic (exact) mass is 244 g/mol. The molecule has 2 aromatic heterocycles. The summed E-state index contributed by atoms with van der Waals surface area (Å²) in [4.78, 5) is 17.0. The molecule has 0 aliphatic rings. The lowest BCUT2D eigenvalue weighted by Crippen LogP contribution is -2.26. The van der Waals surface area contributed by atoms with Gasteiger partial charge in [0.1, 0.15) is 5.52 Å². The summed E-state index contributed by atoms with van der Waals surface area (Å²) in [5, 5.41) is 0.984. The number of nitrogens with zero attached hydrogens (tertiary/aromatic N) is 2. The maximum Gasteiger partial charge on any atom is 0.277 e. The molecule has 3 nitrogen and oxygen atoms in total. The number of fused-ring (bicyclic) bond motifs is 1. The highest BCUT2D eigenvalue weighted by atomic mass is 16.1. The highest BCUT2D eigenvalue weighted by Gasteiger charge is 2.14. The van der Waals surface area contributed by atoms with E-state index in [2.05, 4.69) is 18.0 Å². The molecular weight excluding hydrogens is 224 g/mol. The molecule has 0 unspecified atom stereocenters. The molecule has 2 rings (SSSR count). The van der Waals surface area contributed by atoms with Gasteiger partial charge in [0.05, 0.1) is 0 Å². The summed E-state index contributed by atoms with van der Waals surface area (Å²) in [5.41, 5.74) is 4.85. The number of rotatable bonds is 1. The molecule has 0 N–H and O–H groups in total. The molecule has 0 atom stereocenters. The fourth-order valence-corrected chi connectivity index (χ4v) is 2.42. The third kappa shape index (κ3) is 1.74. The van der Waals surface area contributed by atoms with E-state index in [4.69, 9.17) is 0 Å². The molecule has 2 heterocycles. The van der Waals surface area contributed by atoms with Gasteiger partial charge in [0.2, 0.25) is 0 Å². The fraction of sp³-hybridized carbons (Fsp3) is 0.467. The zero-order valence-electron chi connectivity index (χ0n) is 12.0. The fourth-order valence-electron chi connectivity index (χ4n) is 2.42. The molecule has 18 heavy (non-hydrogen) atoms. The van der Waals surface area contributed by atoms with E-state index in [0.717, 1.165) is 27.9 Å². The molecule has 0 aromatic carbocycles. The second kappa shape index (κ2) is 4.23. The average molecular weight is 244 g/mol. The number of pyridine rings is 2. The van der Waals surface area contributed by atoms with Gasteiger partial charge in [0, 0.05) is 22.8 Å². The Hall–Kier alpha value is -1.64. The van der Waals surface area contributed by atoms with Crippen molar-refractivity contribution in [2.75, 3.05) is 0 Å². The van der Waals surface area contributed by atoms with Crippen LogP contribution < -0.4 is 5.56 Å². The van der Waals surface area contributed by atoms with Gasteiger partial charge in [-0.25, -0.2) is 4.98 Å². The maximum atomic E-state index is 12.5. The summed E-state index contributed by atoms with van der Waals surface area (Å²) >= 11 is 0. The predicted octanol–water partition coefficient (Wildman–Crippen LogP) is 3.21. The van der Waals surface area contributed by atoms with Crippen LogP contribution in [0.3, 0.4) is 0 Å². The number of hydrogen-bond donors (Lipinski definition) is 0. The van der Waals surface area contributed by atoms with Crippen LogP contribution in [0.15, 0.2) is 10.9 Å². The second-order valence-electron chi connectivity index (χ2n) is 5.27. The Morgan fingerprint density at radius 2 is 1.78 bits per heavy atom. The SMILES string of the molecule is Cc1cc2c(C)c(C)n(C(C)C)c(=O)c2nc1C. The van der Waals surface area contributed by atoms with Gasteiger partial charge in [-0.3, -0.25) is 4.79 Å². The second-order valence-corrected chi connectivity index (χ2v) is 5.27. The van der Waals surface area contributed by atoms with Crippen molar-refractivity contribution in [1.82, 2.24) is 9.55 Å². The number of aromatic nitrogens is 2. The molecule has 0 aliphatic carbocycles. The summed E-state index contributed by atoms with van der Waals surface area (Å²) in [7, 11) is 0. The molecule has 3 heteroatoms. The van der Waals surface area contributed by atoms with E-state index in [-0.39, 0.29) is 11.6 Å². The van der Waals surface area contributed by atoms with Gasteiger partial charge < -0.3 is 4.57 Å². The van der Waals surface area contributed by atoms with Gasteiger partial charge >= 0.3 is 0 Å². The van der Waals surface area contributed by atoms with E-state index in [1.54, 1.807) is 0 Å². The standard InChI is InChI=1S/C15H20N2O/c1-8(2)17-12(6)10(4)13-7-9(3)11(5)16-14(13)15(17)18/h7-8H,1-6H3. The van der Waals surface area contributed by atoms with Gasteiger partial charge in [-0.1, -0.05) is 0 Å². The van der Waals surface area contributed by atoms with Gasteiger partial charge in [-0.2, -0.15) is 0 Å². The van der Waals surface area contributed by atoms with Crippen molar-refractivity contribution in [3.63, 3.8) is 0 Å². The number of hydrogen-bond acceptors (Lipinski definition) is 2. The molecule has 0 bridgehead atoms. The van der Waals surface area contributed by atoms with Crippen LogP contribution in [0.4, 0.5) is 0 Å². The van der Waals surface area contributed by atoms with Gasteiger partial charge in [-0.15, -0.1) is 0 Å². The minimum Gasteiger partial charge on any atom is -0.308 e. The van der Waals surface area contributed by atoms with Gasteiger partial charge in [-0.05, 0) is 58.7 Å². The van der Waals surface area contributed by atoms with Crippen molar-refractivity contribution in [3.05, 3.63) is 38.9 Å². The van der Waals surface area contributed by atoms with Crippen molar-refractivity contribution in [2.24, 2.45) is 0 Å². The molecule has 0 saturated carbocycles. The third-order valence-electron chi connectivity index (χ3n) is 3.71. The Morgan fingerprint density at radius 1 is 1.17 bits per heavy atom. The highest BCUT2D eigenvalue weighted by molar-refractivity contribution is 5.82. The maximum absolute atomic E-state index is 12.5. The first kappa shape index (κ1) is 12.8. The molecular formula is C15H20N2O. The lowest BCUT2D eigenvalue weighted by molar-refractivity contribution is 0.564. The van der Waals surface area contributed by atoms with Crippen LogP contribution in [0, 0.1) is 27.7 Å². The zero-order chi connectivity index (χ0) is 13.6. The third-order valence-corrected chi connectivity index (χ3v) is 3.71. The quantitative estimate of drug-likeness (QED) is 0.772. The van der Waals surface area contributed by atoms with Crippen molar-refractivity contribution < 1.29 is 0 Å². The Balaban J connectivity index is 3.03. The molecule has 0 aliphatic heterocycles. The molecule has 96 valence electrons. The van der Waals surface area contributed by atoms with E-state index in [1.165, 1.54) is 0 Å². The molecule has 2 aromatic rings. The first-order valence-electron chi connectivity index (χ1n) is 6.34. The van der Waals surface area contributed by atoms with E-state index in [1.807, 2.05) is 39.2 Å². The topological polar surface area (TPSA) is 34.9 Å². The normalized spacial score (nSPS) is 11.5. The van der Waals surface area contributed by atoms with Crippen LogP contribution in [0.1, 0.15) is 42.4 Å². The summed E-state index contributed by atoms with van der Waals surface area (Å²) in [6.45, 7) is 12.1. The number of aryl methyl sites for hydroxylation is 3. The van der Waals surface area contributed by atoms with Gasteiger partial charge in [0.25, 0.3) is 5.56 Å². The molecule has 0 radical (unpaired) electrons.